The van der Waals surface area contributed by atoms with Gasteiger partial charge in [-0.15, -0.1) is 0 Å². The first-order valence-corrected chi connectivity index (χ1v) is 7.43. The maximum atomic E-state index is 13.0. The van der Waals surface area contributed by atoms with Crippen LogP contribution in [0.5, 0.6) is 0 Å². The molecule has 0 fully saturated rings. The monoisotopic (exact) mass is 355 g/mol. The van der Waals surface area contributed by atoms with E-state index in [2.05, 4.69) is 15.9 Å². The first-order chi connectivity index (χ1) is 9.95. The summed E-state index contributed by atoms with van der Waals surface area (Å²) in [5.41, 5.74) is 2.14. The van der Waals surface area contributed by atoms with Crippen molar-refractivity contribution in [2.75, 3.05) is 11.4 Å². The smallest absolute Gasteiger partial charge is 0.367 e. The second kappa shape index (κ2) is 5.37. The molecule has 0 aliphatic carbocycles. The van der Waals surface area contributed by atoms with Crippen LogP contribution in [0.1, 0.15) is 16.7 Å². The van der Waals surface area contributed by atoms with Gasteiger partial charge in [0.2, 0.25) is 0 Å². The molecule has 0 atom stereocenters. The second-order valence-corrected chi connectivity index (χ2v) is 5.97. The van der Waals surface area contributed by atoms with Crippen molar-refractivity contribution in [1.82, 2.24) is 0 Å². The van der Waals surface area contributed by atoms with Crippen molar-refractivity contribution < 1.29 is 13.2 Å². The lowest BCUT2D eigenvalue weighted by atomic mass is 10.1. The number of halogens is 4. The van der Waals surface area contributed by atoms with Crippen LogP contribution in [0, 0.1) is 0 Å². The fourth-order valence-corrected chi connectivity index (χ4v) is 3.27. The molecule has 110 valence electrons. The zero-order valence-electron chi connectivity index (χ0n) is 11.1. The number of hydrogen-bond donors (Lipinski definition) is 0. The third-order valence-corrected chi connectivity index (χ3v) is 4.34. The van der Waals surface area contributed by atoms with Gasteiger partial charge in [-0.2, -0.15) is 13.2 Å². The van der Waals surface area contributed by atoms with E-state index in [1.54, 1.807) is 6.07 Å². The van der Waals surface area contributed by atoms with Crippen LogP contribution in [-0.2, 0) is 19.1 Å². The molecule has 0 saturated heterocycles. The number of rotatable bonds is 2. The molecule has 1 nitrogen and oxygen atoms in total. The van der Waals surface area contributed by atoms with Gasteiger partial charge in [0.25, 0.3) is 0 Å². The van der Waals surface area contributed by atoms with Crippen molar-refractivity contribution in [2.45, 2.75) is 19.1 Å². The number of fused-ring (bicyclic) bond motifs is 1. The fraction of sp³-hybridized carbons (Fsp3) is 0.250. The van der Waals surface area contributed by atoms with Crippen molar-refractivity contribution in [1.29, 1.82) is 0 Å². The summed E-state index contributed by atoms with van der Waals surface area (Å²) in [6.07, 6.45) is -3.56. The van der Waals surface area contributed by atoms with E-state index >= 15 is 0 Å². The number of nitrogens with zero attached hydrogens (tertiary/aromatic N) is 1. The molecule has 2 aromatic rings. The van der Waals surface area contributed by atoms with Gasteiger partial charge < -0.3 is 4.90 Å². The van der Waals surface area contributed by atoms with Crippen LogP contribution in [-0.4, -0.2) is 6.54 Å². The van der Waals surface area contributed by atoms with E-state index in [1.165, 1.54) is 6.07 Å². The average Bonchev–Trinajstić information content (AvgIpc) is 2.80. The molecule has 3 rings (SSSR count). The zero-order chi connectivity index (χ0) is 15.0. The van der Waals surface area contributed by atoms with E-state index in [-0.39, 0.29) is 4.47 Å². The van der Waals surface area contributed by atoms with E-state index in [4.69, 9.17) is 0 Å². The van der Waals surface area contributed by atoms with Gasteiger partial charge in [-0.25, -0.2) is 0 Å². The molecule has 5 heteroatoms. The molecule has 0 unspecified atom stereocenters. The van der Waals surface area contributed by atoms with Crippen molar-refractivity contribution in [3.63, 3.8) is 0 Å². The summed E-state index contributed by atoms with van der Waals surface area (Å²) in [6.45, 7) is 1.38. The highest BCUT2D eigenvalue weighted by atomic mass is 79.9. The summed E-state index contributed by atoms with van der Waals surface area (Å²) in [6, 6.07) is 12.6. The Morgan fingerprint density at radius 2 is 1.81 bits per heavy atom. The average molecular weight is 356 g/mol. The number of hydrogen-bond acceptors (Lipinski definition) is 1. The molecular weight excluding hydrogens is 343 g/mol. The van der Waals surface area contributed by atoms with Gasteiger partial charge in [-0.05, 0) is 29.7 Å². The third-order valence-electron chi connectivity index (χ3n) is 3.68. The molecule has 1 heterocycles. The number of alkyl halides is 3. The van der Waals surface area contributed by atoms with Crippen LogP contribution < -0.4 is 4.90 Å². The normalized spacial score (nSPS) is 14.4. The first-order valence-electron chi connectivity index (χ1n) is 6.63. The molecule has 0 radical (unpaired) electrons. The topological polar surface area (TPSA) is 3.24 Å². The maximum absolute atomic E-state index is 13.0. The van der Waals surface area contributed by atoms with Crippen LogP contribution in [0.25, 0.3) is 0 Å². The van der Waals surface area contributed by atoms with Gasteiger partial charge in [0, 0.05) is 23.2 Å². The van der Waals surface area contributed by atoms with Crippen molar-refractivity contribution >= 4 is 21.6 Å². The quantitative estimate of drug-likeness (QED) is 0.730. The van der Waals surface area contributed by atoms with E-state index in [0.717, 1.165) is 24.1 Å². The lowest BCUT2D eigenvalue weighted by Crippen LogP contribution is -2.20. The summed E-state index contributed by atoms with van der Waals surface area (Å²) in [4.78, 5) is 2.01. The minimum Gasteiger partial charge on any atom is -0.367 e. The maximum Gasteiger partial charge on any atom is 0.417 e. The molecule has 0 bridgehead atoms. The summed E-state index contributed by atoms with van der Waals surface area (Å²) >= 11 is 3.03. The molecule has 1 aliphatic rings. The van der Waals surface area contributed by atoms with Gasteiger partial charge in [-0.3, -0.25) is 0 Å². The Kier molecular flexibility index (Phi) is 3.69. The predicted molar refractivity (Wildman–Crippen MR) is 80.3 cm³/mol. The summed E-state index contributed by atoms with van der Waals surface area (Å²) in [5, 5.41) is 0. The largest absolute Gasteiger partial charge is 0.417 e. The molecule has 1 aliphatic heterocycles. The molecule has 0 aromatic heterocycles. The van der Waals surface area contributed by atoms with Crippen molar-refractivity contribution in [2.24, 2.45) is 0 Å². The van der Waals surface area contributed by atoms with Crippen LogP contribution >= 0.6 is 15.9 Å². The lowest BCUT2D eigenvalue weighted by molar-refractivity contribution is -0.138. The summed E-state index contributed by atoms with van der Waals surface area (Å²) < 4.78 is 39.2. The van der Waals surface area contributed by atoms with Gasteiger partial charge in [0.05, 0.1) is 5.56 Å². The van der Waals surface area contributed by atoms with Crippen LogP contribution in [0.3, 0.4) is 0 Å². The Labute approximate surface area is 129 Å². The van der Waals surface area contributed by atoms with Gasteiger partial charge in [0.1, 0.15) is 0 Å². The molecule has 0 amide bonds. The first kappa shape index (κ1) is 14.4. The van der Waals surface area contributed by atoms with Crippen LogP contribution in [0.2, 0.25) is 0 Å². The van der Waals surface area contributed by atoms with Crippen LogP contribution in [0.15, 0.2) is 46.9 Å². The third kappa shape index (κ3) is 2.93. The standard InChI is InChI=1S/C16H13BrF3N/c17-14-8-12-6-7-21(10-11-4-2-1-3-5-11)15(12)9-13(14)16(18,19)20/h1-5,8-9H,6-7,10H2. The predicted octanol–water partition coefficient (Wildman–Crippen LogP) is 5.03. The van der Waals surface area contributed by atoms with Crippen LogP contribution in [0.4, 0.5) is 18.9 Å². The number of anilines is 1. The van der Waals surface area contributed by atoms with E-state index in [1.807, 2.05) is 35.2 Å². The molecule has 0 saturated carbocycles. The Hall–Kier alpha value is -1.49. The molecule has 21 heavy (non-hydrogen) atoms. The van der Waals surface area contributed by atoms with Crippen molar-refractivity contribution in [3.8, 4) is 0 Å². The summed E-state index contributed by atoms with van der Waals surface area (Å²) in [7, 11) is 0. The van der Waals surface area contributed by atoms with Gasteiger partial charge >= 0.3 is 6.18 Å². The van der Waals surface area contributed by atoms with E-state index in [9.17, 15) is 13.2 Å². The zero-order valence-corrected chi connectivity index (χ0v) is 12.7. The van der Waals surface area contributed by atoms with E-state index < -0.39 is 11.7 Å². The molecular formula is C16H13BrF3N. The van der Waals surface area contributed by atoms with Crippen molar-refractivity contribution in [3.05, 3.63) is 63.6 Å². The Bertz CT molecular complexity index is 653. The lowest BCUT2D eigenvalue weighted by Gasteiger charge is -2.21. The minimum absolute atomic E-state index is 0.121. The summed E-state index contributed by atoms with van der Waals surface area (Å²) in [5.74, 6) is 0. The number of benzene rings is 2. The SMILES string of the molecule is FC(F)(F)c1cc2c(cc1Br)CCN2Cc1ccccc1. The highest BCUT2D eigenvalue weighted by Crippen LogP contribution is 2.41. The molecule has 0 N–H and O–H groups in total. The Morgan fingerprint density at radius 3 is 2.48 bits per heavy atom. The highest BCUT2D eigenvalue weighted by molar-refractivity contribution is 9.10. The molecule has 2 aromatic carbocycles. The van der Waals surface area contributed by atoms with E-state index in [0.29, 0.717) is 12.2 Å². The molecule has 0 spiro atoms. The Morgan fingerprint density at radius 1 is 1.10 bits per heavy atom. The minimum atomic E-state index is -4.34. The fourth-order valence-electron chi connectivity index (χ4n) is 2.66. The highest BCUT2D eigenvalue weighted by Gasteiger charge is 2.35. The Balaban J connectivity index is 1.94. The second-order valence-electron chi connectivity index (χ2n) is 5.12. The van der Waals surface area contributed by atoms with Gasteiger partial charge in [0.15, 0.2) is 0 Å². The van der Waals surface area contributed by atoms with Gasteiger partial charge in [-0.1, -0.05) is 46.3 Å².